The lowest BCUT2D eigenvalue weighted by Crippen LogP contribution is -2.16. The van der Waals surface area contributed by atoms with Crippen LogP contribution in [0.3, 0.4) is 0 Å². The summed E-state index contributed by atoms with van der Waals surface area (Å²) in [6.45, 7) is 0. The van der Waals surface area contributed by atoms with Crippen LogP contribution in [0.2, 0.25) is 0 Å². The summed E-state index contributed by atoms with van der Waals surface area (Å²) in [4.78, 5) is 11.2. The molecule has 1 amide bonds. The van der Waals surface area contributed by atoms with Crippen molar-refractivity contribution in [1.29, 1.82) is 5.26 Å². The number of anilines is 1. The Balaban J connectivity index is 2.66. The monoisotopic (exact) mass is 260 g/mol. The van der Waals surface area contributed by atoms with E-state index < -0.39 is 29.0 Å². The number of hydrogen-bond donors (Lipinski definition) is 1. The SMILES string of the molecule is N#CCSCC(=O)Nc1ccc(F)c(F)c1F. The number of hydrogen-bond acceptors (Lipinski definition) is 3. The van der Waals surface area contributed by atoms with E-state index in [0.29, 0.717) is 0 Å². The summed E-state index contributed by atoms with van der Waals surface area (Å²) >= 11 is 1.03. The van der Waals surface area contributed by atoms with Crippen molar-refractivity contribution < 1.29 is 18.0 Å². The maximum absolute atomic E-state index is 13.1. The summed E-state index contributed by atoms with van der Waals surface area (Å²) in [5.74, 6) is -4.93. The Bertz CT molecular complexity index is 473. The molecular weight excluding hydrogens is 253 g/mol. The zero-order valence-corrected chi connectivity index (χ0v) is 9.28. The Morgan fingerprint density at radius 2 is 2.06 bits per heavy atom. The lowest BCUT2D eigenvalue weighted by Gasteiger charge is -2.06. The minimum absolute atomic E-state index is 0.0635. The zero-order chi connectivity index (χ0) is 12.8. The maximum atomic E-state index is 13.1. The Labute approximate surface area is 99.6 Å². The summed E-state index contributed by atoms with van der Waals surface area (Å²) in [5, 5.41) is 10.3. The van der Waals surface area contributed by atoms with Gasteiger partial charge in [-0.3, -0.25) is 4.79 Å². The van der Waals surface area contributed by atoms with Gasteiger partial charge in [0.1, 0.15) is 0 Å². The molecule has 1 rings (SSSR count). The Hall–Kier alpha value is -1.68. The van der Waals surface area contributed by atoms with E-state index in [4.69, 9.17) is 5.26 Å². The van der Waals surface area contributed by atoms with Gasteiger partial charge in [-0.2, -0.15) is 5.26 Å². The third-order valence-electron chi connectivity index (χ3n) is 1.71. The molecule has 0 aromatic heterocycles. The van der Waals surface area contributed by atoms with E-state index in [-0.39, 0.29) is 11.5 Å². The summed E-state index contributed by atoms with van der Waals surface area (Å²) in [6, 6.07) is 3.46. The summed E-state index contributed by atoms with van der Waals surface area (Å²) < 4.78 is 38.5. The van der Waals surface area contributed by atoms with E-state index in [1.165, 1.54) is 0 Å². The third kappa shape index (κ3) is 3.67. The molecule has 7 heteroatoms. The van der Waals surface area contributed by atoms with Gasteiger partial charge in [-0.05, 0) is 12.1 Å². The number of carbonyl (C=O) groups excluding carboxylic acids is 1. The minimum Gasteiger partial charge on any atom is -0.323 e. The number of rotatable bonds is 4. The normalized spacial score (nSPS) is 9.76. The highest BCUT2D eigenvalue weighted by Crippen LogP contribution is 2.19. The first-order chi connectivity index (χ1) is 8.06. The maximum Gasteiger partial charge on any atom is 0.234 e. The highest BCUT2D eigenvalue weighted by Gasteiger charge is 2.14. The average molecular weight is 260 g/mol. The molecule has 1 aromatic rings. The molecule has 0 fully saturated rings. The van der Waals surface area contributed by atoms with E-state index in [9.17, 15) is 18.0 Å². The minimum atomic E-state index is -1.63. The van der Waals surface area contributed by atoms with Crippen molar-refractivity contribution in [2.75, 3.05) is 16.8 Å². The summed E-state index contributed by atoms with van der Waals surface area (Å²) in [5.41, 5.74) is -0.425. The van der Waals surface area contributed by atoms with Crippen molar-refractivity contribution in [2.24, 2.45) is 0 Å². The third-order valence-corrected chi connectivity index (χ3v) is 2.51. The van der Waals surface area contributed by atoms with Crippen LogP contribution in [-0.4, -0.2) is 17.4 Å². The van der Waals surface area contributed by atoms with Crippen LogP contribution in [0, 0.1) is 28.8 Å². The zero-order valence-electron chi connectivity index (χ0n) is 8.47. The molecule has 0 aliphatic rings. The molecule has 1 aromatic carbocycles. The lowest BCUT2D eigenvalue weighted by atomic mass is 10.3. The van der Waals surface area contributed by atoms with Crippen LogP contribution < -0.4 is 5.32 Å². The van der Waals surface area contributed by atoms with E-state index in [1.54, 1.807) is 0 Å². The Morgan fingerprint density at radius 3 is 2.71 bits per heavy atom. The Morgan fingerprint density at radius 1 is 1.35 bits per heavy atom. The van der Waals surface area contributed by atoms with Crippen molar-refractivity contribution >= 4 is 23.4 Å². The first kappa shape index (κ1) is 13.4. The van der Waals surface area contributed by atoms with E-state index in [2.05, 4.69) is 5.32 Å². The second-order valence-electron chi connectivity index (χ2n) is 2.92. The van der Waals surface area contributed by atoms with Gasteiger partial charge < -0.3 is 5.32 Å². The number of nitrogens with one attached hydrogen (secondary N) is 1. The molecule has 0 radical (unpaired) electrons. The first-order valence-corrected chi connectivity index (χ1v) is 5.59. The second-order valence-corrected chi connectivity index (χ2v) is 3.91. The molecule has 3 nitrogen and oxygen atoms in total. The smallest absolute Gasteiger partial charge is 0.234 e. The van der Waals surface area contributed by atoms with Gasteiger partial charge in [0.2, 0.25) is 5.91 Å². The largest absolute Gasteiger partial charge is 0.323 e. The van der Waals surface area contributed by atoms with Gasteiger partial charge in [-0.1, -0.05) is 0 Å². The van der Waals surface area contributed by atoms with Crippen LogP contribution in [0.15, 0.2) is 12.1 Å². The standard InChI is InChI=1S/C10H7F3N2OS/c11-6-1-2-7(10(13)9(6)12)15-8(16)5-17-4-3-14/h1-2H,4-5H2,(H,15,16). The molecule has 0 spiro atoms. The van der Waals surface area contributed by atoms with Crippen LogP contribution in [-0.2, 0) is 4.79 Å². The van der Waals surface area contributed by atoms with Gasteiger partial charge in [0.05, 0.1) is 23.3 Å². The number of nitriles is 1. The molecule has 0 bridgehead atoms. The molecule has 90 valence electrons. The van der Waals surface area contributed by atoms with Gasteiger partial charge in [-0.25, -0.2) is 13.2 Å². The van der Waals surface area contributed by atoms with Crippen LogP contribution in [0.1, 0.15) is 0 Å². The quantitative estimate of drug-likeness (QED) is 0.667. The van der Waals surface area contributed by atoms with Crippen molar-refractivity contribution in [2.45, 2.75) is 0 Å². The lowest BCUT2D eigenvalue weighted by molar-refractivity contribution is -0.113. The average Bonchev–Trinajstić information content (AvgIpc) is 2.30. The molecule has 0 unspecified atom stereocenters. The molecule has 0 saturated carbocycles. The summed E-state index contributed by atoms with van der Waals surface area (Å²) in [6.07, 6.45) is 0. The van der Waals surface area contributed by atoms with Crippen molar-refractivity contribution in [1.82, 2.24) is 0 Å². The molecule has 0 heterocycles. The number of amides is 1. The predicted molar refractivity (Wildman–Crippen MR) is 57.9 cm³/mol. The van der Waals surface area contributed by atoms with Gasteiger partial charge in [0.15, 0.2) is 17.5 Å². The van der Waals surface area contributed by atoms with Crippen LogP contribution >= 0.6 is 11.8 Å². The van der Waals surface area contributed by atoms with Gasteiger partial charge in [0, 0.05) is 0 Å². The summed E-state index contributed by atoms with van der Waals surface area (Å²) in [7, 11) is 0. The van der Waals surface area contributed by atoms with Crippen LogP contribution in [0.4, 0.5) is 18.9 Å². The van der Waals surface area contributed by atoms with E-state index >= 15 is 0 Å². The fourth-order valence-electron chi connectivity index (χ4n) is 0.998. The predicted octanol–water partition coefficient (Wildman–Crippen LogP) is 2.30. The molecule has 1 N–H and O–H groups in total. The van der Waals surface area contributed by atoms with Gasteiger partial charge in [-0.15, -0.1) is 11.8 Å². The van der Waals surface area contributed by atoms with Crippen LogP contribution in [0.5, 0.6) is 0 Å². The van der Waals surface area contributed by atoms with Crippen molar-refractivity contribution in [3.63, 3.8) is 0 Å². The number of nitrogens with zero attached hydrogens (tertiary/aromatic N) is 1. The van der Waals surface area contributed by atoms with Crippen molar-refractivity contribution in [3.8, 4) is 6.07 Å². The van der Waals surface area contributed by atoms with Crippen molar-refractivity contribution in [3.05, 3.63) is 29.6 Å². The molecule has 0 aliphatic heterocycles. The van der Waals surface area contributed by atoms with E-state index in [1.807, 2.05) is 6.07 Å². The number of halogens is 3. The van der Waals surface area contributed by atoms with Gasteiger partial charge >= 0.3 is 0 Å². The highest BCUT2D eigenvalue weighted by molar-refractivity contribution is 8.00. The topological polar surface area (TPSA) is 52.9 Å². The van der Waals surface area contributed by atoms with Crippen LogP contribution in [0.25, 0.3) is 0 Å². The molecular formula is C10H7F3N2OS. The fraction of sp³-hybridized carbons (Fsp3) is 0.200. The molecule has 17 heavy (non-hydrogen) atoms. The first-order valence-electron chi connectivity index (χ1n) is 4.44. The van der Waals surface area contributed by atoms with Gasteiger partial charge in [0.25, 0.3) is 0 Å². The Kier molecular flexibility index (Phi) is 4.84. The second kappa shape index (κ2) is 6.15. The number of thioether (sulfide) groups is 1. The molecule has 0 atom stereocenters. The molecule has 0 saturated heterocycles. The van der Waals surface area contributed by atoms with E-state index in [0.717, 1.165) is 23.9 Å². The highest BCUT2D eigenvalue weighted by atomic mass is 32.2. The number of benzene rings is 1. The molecule has 0 aliphatic carbocycles. The fourth-order valence-corrected chi connectivity index (χ4v) is 1.45. The number of carbonyl (C=O) groups is 1.